The van der Waals surface area contributed by atoms with Crippen molar-refractivity contribution in [3.05, 3.63) is 41.1 Å². The highest BCUT2D eigenvalue weighted by Crippen LogP contribution is 2.18. The first kappa shape index (κ1) is 15.8. The van der Waals surface area contributed by atoms with Crippen LogP contribution < -0.4 is 10.6 Å². The Morgan fingerprint density at radius 1 is 1.14 bits per heavy atom. The van der Waals surface area contributed by atoms with Gasteiger partial charge in [-0.3, -0.25) is 4.79 Å². The van der Waals surface area contributed by atoms with Crippen molar-refractivity contribution in [2.75, 3.05) is 11.9 Å². The van der Waals surface area contributed by atoms with E-state index < -0.39 is 0 Å². The Kier molecular flexibility index (Phi) is 5.99. The molecule has 2 N–H and O–H groups in total. The third kappa shape index (κ3) is 4.09. The molecule has 0 saturated carbocycles. The summed E-state index contributed by atoms with van der Waals surface area (Å²) in [5.41, 5.74) is 0.191. The van der Waals surface area contributed by atoms with Crippen molar-refractivity contribution in [2.45, 2.75) is 13.3 Å². The van der Waals surface area contributed by atoms with Crippen LogP contribution in [-0.2, 0) is 0 Å². The van der Waals surface area contributed by atoms with Gasteiger partial charge in [0.15, 0.2) is 5.57 Å². The number of para-hydroxylation sites is 1. The molecule has 6 heteroatoms. The smallest absolute Gasteiger partial charge is 0.253 e. The summed E-state index contributed by atoms with van der Waals surface area (Å²) in [5, 5.41) is 32.0. The summed E-state index contributed by atoms with van der Waals surface area (Å²) in [4.78, 5) is 12.0. The van der Waals surface area contributed by atoms with E-state index in [2.05, 4.69) is 10.6 Å². The normalized spacial score (nSPS) is 8.67. The van der Waals surface area contributed by atoms with E-state index in [0.29, 0.717) is 17.8 Å². The van der Waals surface area contributed by atoms with Gasteiger partial charge in [0.25, 0.3) is 5.91 Å². The number of benzene rings is 1. The Balaban J connectivity index is 3.14. The number of anilines is 1. The fraction of sp³-hybridized carbons (Fsp3) is 0.200. The number of amides is 1. The van der Waals surface area contributed by atoms with Gasteiger partial charge in [-0.15, -0.1) is 0 Å². The van der Waals surface area contributed by atoms with E-state index in [1.807, 2.05) is 6.92 Å². The standard InChI is InChI=1S/C15H13N5O/c1-2-7-19-15(21)12-5-3-4-6-13(12)20-14(10-18)11(8-16)9-17/h3-6,20H,2,7H2,1H3,(H,19,21). The van der Waals surface area contributed by atoms with E-state index in [1.54, 1.807) is 42.5 Å². The highest BCUT2D eigenvalue weighted by molar-refractivity contribution is 6.00. The zero-order valence-corrected chi connectivity index (χ0v) is 11.5. The molecule has 0 unspecified atom stereocenters. The van der Waals surface area contributed by atoms with Gasteiger partial charge in [-0.05, 0) is 18.6 Å². The van der Waals surface area contributed by atoms with Crippen LogP contribution in [0.3, 0.4) is 0 Å². The molecule has 0 aliphatic heterocycles. The average molecular weight is 279 g/mol. The maximum absolute atomic E-state index is 12.0. The van der Waals surface area contributed by atoms with Gasteiger partial charge in [-0.2, -0.15) is 15.8 Å². The molecule has 104 valence electrons. The summed E-state index contributed by atoms with van der Waals surface area (Å²) in [5.74, 6) is -0.285. The fourth-order valence-electron chi connectivity index (χ4n) is 1.54. The third-order valence-electron chi connectivity index (χ3n) is 2.55. The molecule has 0 atom stereocenters. The van der Waals surface area contributed by atoms with Gasteiger partial charge in [0.05, 0.1) is 11.3 Å². The molecule has 0 heterocycles. The number of hydrogen-bond donors (Lipinski definition) is 2. The van der Waals surface area contributed by atoms with Crippen LogP contribution in [0, 0.1) is 34.0 Å². The number of hydrogen-bond acceptors (Lipinski definition) is 5. The van der Waals surface area contributed by atoms with Gasteiger partial charge in [0.2, 0.25) is 0 Å². The minimum absolute atomic E-state index is 0.184. The zero-order chi connectivity index (χ0) is 15.7. The van der Waals surface area contributed by atoms with Crippen molar-refractivity contribution >= 4 is 11.6 Å². The third-order valence-corrected chi connectivity index (χ3v) is 2.55. The van der Waals surface area contributed by atoms with Crippen molar-refractivity contribution < 1.29 is 4.79 Å². The molecule has 1 aromatic rings. The largest absolute Gasteiger partial charge is 0.352 e. The molecule has 1 rings (SSSR count). The Bertz CT molecular complexity index is 669. The van der Waals surface area contributed by atoms with Crippen LogP contribution in [0.5, 0.6) is 0 Å². The van der Waals surface area contributed by atoms with Crippen molar-refractivity contribution in [2.24, 2.45) is 0 Å². The molecule has 0 bridgehead atoms. The van der Waals surface area contributed by atoms with E-state index in [4.69, 9.17) is 15.8 Å². The van der Waals surface area contributed by atoms with Gasteiger partial charge < -0.3 is 10.6 Å². The topological polar surface area (TPSA) is 112 Å². The highest BCUT2D eigenvalue weighted by Gasteiger charge is 2.13. The summed E-state index contributed by atoms with van der Waals surface area (Å²) in [6.07, 6.45) is 0.803. The Morgan fingerprint density at radius 2 is 1.81 bits per heavy atom. The average Bonchev–Trinajstić information content (AvgIpc) is 2.53. The lowest BCUT2D eigenvalue weighted by Crippen LogP contribution is -2.25. The van der Waals surface area contributed by atoms with Crippen LogP contribution in [0.2, 0.25) is 0 Å². The van der Waals surface area contributed by atoms with E-state index in [-0.39, 0.29) is 17.2 Å². The maximum atomic E-state index is 12.0. The summed E-state index contributed by atoms with van der Waals surface area (Å²) < 4.78 is 0. The SMILES string of the molecule is CCCNC(=O)c1ccccc1NC(C#N)=C(C#N)C#N. The second-order valence-corrected chi connectivity index (χ2v) is 4.01. The van der Waals surface area contributed by atoms with Crippen molar-refractivity contribution in [1.29, 1.82) is 15.8 Å². The lowest BCUT2D eigenvalue weighted by molar-refractivity contribution is 0.0954. The quantitative estimate of drug-likeness (QED) is 0.801. The molecule has 1 amide bonds. The molecular formula is C15H13N5O. The van der Waals surface area contributed by atoms with Crippen molar-refractivity contribution in [1.82, 2.24) is 5.32 Å². The number of carbonyl (C=O) groups excluding carboxylic acids is 1. The molecule has 1 aromatic carbocycles. The van der Waals surface area contributed by atoms with Crippen LogP contribution in [-0.4, -0.2) is 12.5 Å². The summed E-state index contributed by atoms with van der Waals surface area (Å²) >= 11 is 0. The number of allylic oxidation sites excluding steroid dienone is 2. The minimum atomic E-state index is -0.332. The second kappa shape index (κ2) is 7.99. The number of nitriles is 3. The lowest BCUT2D eigenvalue weighted by Gasteiger charge is -2.11. The van der Waals surface area contributed by atoms with Crippen LogP contribution in [0.15, 0.2) is 35.5 Å². The van der Waals surface area contributed by atoms with Crippen molar-refractivity contribution in [3.63, 3.8) is 0 Å². The van der Waals surface area contributed by atoms with Crippen molar-refractivity contribution in [3.8, 4) is 18.2 Å². The highest BCUT2D eigenvalue weighted by atomic mass is 16.1. The Labute approximate surface area is 122 Å². The number of rotatable bonds is 5. The first-order valence-corrected chi connectivity index (χ1v) is 6.26. The molecule has 0 aromatic heterocycles. The molecule has 0 aliphatic carbocycles. The molecule has 0 radical (unpaired) electrons. The zero-order valence-electron chi connectivity index (χ0n) is 11.5. The first-order chi connectivity index (χ1) is 10.2. The van der Waals surface area contributed by atoms with Crippen LogP contribution in [0.25, 0.3) is 0 Å². The van der Waals surface area contributed by atoms with E-state index in [0.717, 1.165) is 6.42 Å². The molecular weight excluding hydrogens is 266 g/mol. The van der Waals surface area contributed by atoms with Crippen LogP contribution in [0.1, 0.15) is 23.7 Å². The van der Waals surface area contributed by atoms with Gasteiger partial charge in [0.1, 0.15) is 23.9 Å². The second-order valence-electron chi connectivity index (χ2n) is 4.01. The van der Waals surface area contributed by atoms with E-state index >= 15 is 0 Å². The molecule has 6 nitrogen and oxygen atoms in total. The summed E-state index contributed by atoms with van der Waals surface area (Å²) in [6.45, 7) is 2.48. The summed E-state index contributed by atoms with van der Waals surface area (Å²) in [7, 11) is 0. The number of carbonyl (C=O) groups is 1. The van der Waals surface area contributed by atoms with Gasteiger partial charge >= 0.3 is 0 Å². The van der Waals surface area contributed by atoms with Gasteiger partial charge in [-0.25, -0.2) is 0 Å². The molecule has 21 heavy (non-hydrogen) atoms. The van der Waals surface area contributed by atoms with E-state index in [1.165, 1.54) is 0 Å². The Hall–Kier alpha value is -3.30. The molecule has 0 fully saturated rings. The lowest BCUT2D eigenvalue weighted by atomic mass is 10.1. The maximum Gasteiger partial charge on any atom is 0.253 e. The number of nitrogens with one attached hydrogen (secondary N) is 2. The predicted molar refractivity (Wildman–Crippen MR) is 76.6 cm³/mol. The first-order valence-electron chi connectivity index (χ1n) is 6.26. The Morgan fingerprint density at radius 3 is 2.38 bits per heavy atom. The van der Waals surface area contributed by atoms with Crippen LogP contribution in [0.4, 0.5) is 5.69 Å². The number of nitrogens with zero attached hydrogens (tertiary/aromatic N) is 3. The summed E-state index contributed by atoms with van der Waals surface area (Å²) in [6, 6.07) is 11.6. The molecule has 0 saturated heterocycles. The monoisotopic (exact) mass is 279 g/mol. The predicted octanol–water partition coefficient (Wildman–Crippen LogP) is 2.06. The molecule has 0 aliphatic rings. The van der Waals surface area contributed by atoms with Crippen LogP contribution >= 0.6 is 0 Å². The van der Waals surface area contributed by atoms with Gasteiger partial charge in [-0.1, -0.05) is 19.1 Å². The fourth-order valence-corrected chi connectivity index (χ4v) is 1.54. The minimum Gasteiger partial charge on any atom is -0.352 e. The van der Waals surface area contributed by atoms with Gasteiger partial charge in [0, 0.05) is 6.54 Å². The molecule has 0 spiro atoms. The van der Waals surface area contributed by atoms with E-state index in [9.17, 15) is 4.79 Å².